The summed E-state index contributed by atoms with van der Waals surface area (Å²) < 4.78 is 5.37. The van der Waals surface area contributed by atoms with E-state index in [0.717, 1.165) is 23.3 Å². The Morgan fingerprint density at radius 1 is 1.43 bits per heavy atom. The van der Waals surface area contributed by atoms with Crippen LogP contribution in [0.15, 0.2) is 12.1 Å². The Bertz CT molecular complexity index is 338. The zero-order chi connectivity index (χ0) is 9.97. The molecule has 0 saturated heterocycles. The molecule has 0 unspecified atom stereocenters. The minimum absolute atomic E-state index is 0.0998. The van der Waals surface area contributed by atoms with Crippen molar-refractivity contribution in [3.05, 3.63) is 23.3 Å². The molecule has 1 aromatic rings. The standard InChI is InChI=1S/C10H13NO3/c12-6-11-5-8-4-10-7(1-2-14-10)3-9(8)13/h3-4,11-13H,1-2,5-6H2. The summed E-state index contributed by atoms with van der Waals surface area (Å²) in [6.07, 6.45) is 0.858. The molecule has 0 amide bonds. The third-order valence-electron chi connectivity index (χ3n) is 2.32. The molecule has 76 valence electrons. The van der Waals surface area contributed by atoms with Crippen LogP contribution in [0.25, 0.3) is 0 Å². The molecule has 2 rings (SSSR count). The Morgan fingerprint density at radius 2 is 2.29 bits per heavy atom. The van der Waals surface area contributed by atoms with Crippen LogP contribution in [0.4, 0.5) is 0 Å². The smallest absolute Gasteiger partial charge is 0.123 e. The number of phenols is 1. The summed E-state index contributed by atoms with van der Waals surface area (Å²) in [7, 11) is 0. The summed E-state index contributed by atoms with van der Waals surface area (Å²) in [6.45, 7) is 1.03. The van der Waals surface area contributed by atoms with Crippen LogP contribution >= 0.6 is 0 Å². The monoisotopic (exact) mass is 195 g/mol. The van der Waals surface area contributed by atoms with Gasteiger partial charge in [-0.25, -0.2) is 0 Å². The zero-order valence-corrected chi connectivity index (χ0v) is 7.79. The molecule has 0 fully saturated rings. The number of fused-ring (bicyclic) bond motifs is 1. The molecular weight excluding hydrogens is 182 g/mol. The van der Waals surface area contributed by atoms with Gasteiger partial charge in [0.1, 0.15) is 11.5 Å². The molecule has 1 heterocycles. The number of aromatic hydroxyl groups is 1. The third-order valence-corrected chi connectivity index (χ3v) is 2.32. The number of hydrogen-bond acceptors (Lipinski definition) is 4. The van der Waals surface area contributed by atoms with Gasteiger partial charge < -0.3 is 14.9 Å². The summed E-state index contributed by atoms with van der Waals surface area (Å²) in [6, 6.07) is 3.55. The average Bonchev–Trinajstić information content (AvgIpc) is 2.61. The van der Waals surface area contributed by atoms with Crippen LogP contribution in [-0.4, -0.2) is 23.6 Å². The highest BCUT2D eigenvalue weighted by molar-refractivity contribution is 5.47. The highest BCUT2D eigenvalue weighted by Gasteiger charge is 2.15. The molecule has 4 nitrogen and oxygen atoms in total. The lowest BCUT2D eigenvalue weighted by Crippen LogP contribution is -2.13. The van der Waals surface area contributed by atoms with Crippen molar-refractivity contribution in [3.63, 3.8) is 0 Å². The lowest BCUT2D eigenvalue weighted by molar-refractivity contribution is 0.258. The molecule has 14 heavy (non-hydrogen) atoms. The molecule has 1 aromatic carbocycles. The molecular formula is C10H13NO3. The summed E-state index contributed by atoms with van der Waals surface area (Å²) >= 11 is 0. The van der Waals surface area contributed by atoms with E-state index in [-0.39, 0.29) is 12.5 Å². The maximum Gasteiger partial charge on any atom is 0.123 e. The average molecular weight is 195 g/mol. The molecule has 0 saturated carbocycles. The number of ether oxygens (including phenoxy) is 1. The van der Waals surface area contributed by atoms with Gasteiger partial charge in [-0.15, -0.1) is 0 Å². The van der Waals surface area contributed by atoms with Gasteiger partial charge in [-0.2, -0.15) is 0 Å². The predicted octanol–water partition coefficient (Wildman–Crippen LogP) is 0.367. The molecule has 0 aromatic heterocycles. The number of aliphatic hydroxyl groups is 1. The van der Waals surface area contributed by atoms with E-state index in [4.69, 9.17) is 9.84 Å². The van der Waals surface area contributed by atoms with Gasteiger partial charge in [0.15, 0.2) is 0 Å². The van der Waals surface area contributed by atoms with Gasteiger partial charge in [-0.1, -0.05) is 0 Å². The zero-order valence-electron chi connectivity index (χ0n) is 7.79. The first-order chi connectivity index (χ1) is 6.81. The number of aliphatic hydroxyl groups excluding tert-OH is 1. The second kappa shape index (κ2) is 3.86. The molecule has 1 aliphatic heterocycles. The van der Waals surface area contributed by atoms with Crippen LogP contribution in [-0.2, 0) is 13.0 Å². The van der Waals surface area contributed by atoms with Crippen LogP contribution in [0.3, 0.4) is 0 Å². The van der Waals surface area contributed by atoms with Crippen LogP contribution in [0.1, 0.15) is 11.1 Å². The fraction of sp³-hybridized carbons (Fsp3) is 0.400. The predicted molar refractivity (Wildman–Crippen MR) is 51.2 cm³/mol. The van der Waals surface area contributed by atoms with Crippen LogP contribution in [0.2, 0.25) is 0 Å². The molecule has 0 atom stereocenters. The molecule has 4 heteroatoms. The number of phenolic OH excluding ortho intramolecular Hbond substituents is 1. The van der Waals surface area contributed by atoms with E-state index in [1.165, 1.54) is 0 Å². The third kappa shape index (κ3) is 1.66. The highest BCUT2D eigenvalue weighted by atomic mass is 16.5. The van der Waals surface area contributed by atoms with Crippen molar-refractivity contribution in [1.82, 2.24) is 5.32 Å². The molecule has 0 spiro atoms. The SMILES string of the molecule is OCNCc1cc2c(cc1O)CCO2. The second-order valence-corrected chi connectivity index (χ2v) is 3.27. The number of benzene rings is 1. The topological polar surface area (TPSA) is 61.7 Å². The van der Waals surface area contributed by atoms with E-state index in [1.54, 1.807) is 6.07 Å². The van der Waals surface area contributed by atoms with Crippen LogP contribution in [0.5, 0.6) is 11.5 Å². The summed E-state index contributed by atoms with van der Waals surface area (Å²) in [5, 5.41) is 20.9. The van der Waals surface area contributed by atoms with E-state index in [9.17, 15) is 5.11 Å². The van der Waals surface area contributed by atoms with E-state index < -0.39 is 0 Å². The normalized spacial score (nSPS) is 13.8. The second-order valence-electron chi connectivity index (χ2n) is 3.27. The van der Waals surface area contributed by atoms with Crippen molar-refractivity contribution in [3.8, 4) is 11.5 Å². The Hall–Kier alpha value is -1.26. The summed E-state index contributed by atoms with van der Waals surface area (Å²) in [5.74, 6) is 1.10. The van der Waals surface area contributed by atoms with Crippen molar-refractivity contribution >= 4 is 0 Å². The lowest BCUT2D eigenvalue weighted by Gasteiger charge is -2.07. The van der Waals surface area contributed by atoms with E-state index >= 15 is 0 Å². The number of hydrogen-bond donors (Lipinski definition) is 3. The molecule has 3 N–H and O–H groups in total. The van der Waals surface area contributed by atoms with Gasteiger partial charge in [0.2, 0.25) is 0 Å². The maximum absolute atomic E-state index is 9.62. The van der Waals surface area contributed by atoms with Gasteiger partial charge in [-0.3, -0.25) is 5.32 Å². The molecule has 0 aliphatic carbocycles. The van der Waals surface area contributed by atoms with Crippen LogP contribution < -0.4 is 10.1 Å². The first-order valence-corrected chi connectivity index (χ1v) is 4.60. The highest BCUT2D eigenvalue weighted by Crippen LogP contribution is 2.31. The Balaban J connectivity index is 2.23. The fourth-order valence-corrected chi connectivity index (χ4v) is 1.59. The van der Waals surface area contributed by atoms with Crippen LogP contribution in [0, 0.1) is 0 Å². The Kier molecular flexibility index (Phi) is 2.56. The summed E-state index contributed by atoms with van der Waals surface area (Å²) in [4.78, 5) is 0. The van der Waals surface area contributed by atoms with E-state index in [0.29, 0.717) is 13.2 Å². The van der Waals surface area contributed by atoms with Crippen molar-refractivity contribution < 1.29 is 14.9 Å². The number of nitrogens with one attached hydrogen (secondary N) is 1. The Morgan fingerprint density at radius 3 is 3.07 bits per heavy atom. The fourth-order valence-electron chi connectivity index (χ4n) is 1.59. The van der Waals surface area contributed by atoms with E-state index in [1.807, 2.05) is 6.07 Å². The quantitative estimate of drug-likeness (QED) is 0.610. The minimum atomic E-state index is -0.0998. The van der Waals surface area contributed by atoms with Gasteiger partial charge in [0.25, 0.3) is 0 Å². The molecule has 0 bridgehead atoms. The summed E-state index contributed by atoms with van der Waals surface area (Å²) in [5.41, 5.74) is 1.80. The first kappa shape index (κ1) is 9.30. The lowest BCUT2D eigenvalue weighted by atomic mass is 10.1. The molecule has 0 radical (unpaired) electrons. The maximum atomic E-state index is 9.62. The molecule has 1 aliphatic rings. The van der Waals surface area contributed by atoms with Gasteiger partial charge in [-0.05, 0) is 12.1 Å². The van der Waals surface area contributed by atoms with E-state index in [2.05, 4.69) is 5.32 Å². The van der Waals surface area contributed by atoms with Gasteiger partial charge in [0, 0.05) is 24.1 Å². The Labute approximate surface area is 82.1 Å². The minimum Gasteiger partial charge on any atom is -0.508 e. The van der Waals surface area contributed by atoms with Crippen molar-refractivity contribution in [2.45, 2.75) is 13.0 Å². The first-order valence-electron chi connectivity index (χ1n) is 4.60. The van der Waals surface area contributed by atoms with Gasteiger partial charge in [0.05, 0.1) is 13.3 Å². The van der Waals surface area contributed by atoms with Crippen molar-refractivity contribution in [2.24, 2.45) is 0 Å². The van der Waals surface area contributed by atoms with Crippen molar-refractivity contribution in [1.29, 1.82) is 0 Å². The number of rotatable bonds is 3. The van der Waals surface area contributed by atoms with Crippen molar-refractivity contribution in [2.75, 3.05) is 13.3 Å². The largest absolute Gasteiger partial charge is 0.508 e. The van der Waals surface area contributed by atoms with Gasteiger partial charge >= 0.3 is 0 Å².